The Kier molecular flexibility index (Phi) is 8.32. The molecule has 2 N–H and O–H groups in total. The predicted octanol–water partition coefficient (Wildman–Crippen LogP) is 4.26. The molecule has 31 heavy (non-hydrogen) atoms. The molecule has 1 aromatic heterocycles. The molecule has 1 fully saturated rings. The standard InChI is InChI=1S/C25H37NO5/c1-15(12-13-20-18(4)21(27)22(29-7)24(26-20)30-8)10-9-11-16(2)14-17(3)23(28)25(6)19(5)31-25/h9,11-12,14,17,19,23,28H,10,13H2,1-8H3,(H,26,27). The largest absolute Gasteiger partial charge is 0.488 e. The average Bonchev–Trinajstić information content (AvgIpc) is 3.35. The zero-order valence-electron chi connectivity index (χ0n) is 20.0. The molecule has 0 spiro atoms. The summed E-state index contributed by atoms with van der Waals surface area (Å²) in [6.07, 6.45) is 9.37. The molecule has 0 aliphatic carbocycles. The molecule has 2 heterocycles. The Morgan fingerprint density at radius 1 is 1.32 bits per heavy atom. The summed E-state index contributed by atoms with van der Waals surface area (Å²) in [6, 6.07) is 0. The summed E-state index contributed by atoms with van der Waals surface area (Å²) in [6.45, 7) is 11.8. The highest BCUT2D eigenvalue weighted by Gasteiger charge is 2.55. The second-order valence-corrected chi connectivity index (χ2v) is 8.64. The fourth-order valence-corrected chi connectivity index (χ4v) is 3.76. The van der Waals surface area contributed by atoms with E-state index in [1.807, 2.05) is 27.7 Å². The number of ether oxygens (including phenoxy) is 3. The van der Waals surface area contributed by atoms with Gasteiger partial charge in [-0.15, -0.1) is 0 Å². The Balaban J connectivity index is 1.98. The van der Waals surface area contributed by atoms with Crippen LogP contribution in [0.4, 0.5) is 0 Å². The molecule has 0 amide bonds. The van der Waals surface area contributed by atoms with Gasteiger partial charge < -0.3 is 24.3 Å². The Labute approximate surface area is 185 Å². The molecule has 0 saturated carbocycles. The van der Waals surface area contributed by atoms with Crippen molar-refractivity contribution < 1.29 is 19.3 Å². The van der Waals surface area contributed by atoms with E-state index in [-0.39, 0.29) is 23.2 Å². The summed E-state index contributed by atoms with van der Waals surface area (Å²) in [4.78, 5) is 15.6. The normalized spacial score (nSPS) is 23.7. The topological polar surface area (TPSA) is 84.1 Å². The summed E-state index contributed by atoms with van der Waals surface area (Å²) in [5, 5.41) is 10.5. The van der Waals surface area contributed by atoms with Crippen LogP contribution in [-0.2, 0) is 11.2 Å². The average molecular weight is 432 g/mol. The number of allylic oxidation sites excluding steroid dienone is 5. The van der Waals surface area contributed by atoms with Gasteiger partial charge in [-0.2, -0.15) is 0 Å². The van der Waals surface area contributed by atoms with Gasteiger partial charge in [-0.3, -0.25) is 4.79 Å². The van der Waals surface area contributed by atoms with Crippen LogP contribution in [0.3, 0.4) is 0 Å². The van der Waals surface area contributed by atoms with E-state index in [0.717, 1.165) is 17.7 Å². The first kappa shape index (κ1) is 25.0. The fourth-order valence-electron chi connectivity index (χ4n) is 3.76. The van der Waals surface area contributed by atoms with Crippen LogP contribution in [0, 0.1) is 12.8 Å². The minimum atomic E-state index is -0.514. The maximum atomic E-state index is 12.4. The monoisotopic (exact) mass is 431 g/mol. The summed E-state index contributed by atoms with van der Waals surface area (Å²) in [5.41, 5.74) is 3.16. The fraction of sp³-hybridized carbons (Fsp3) is 0.560. The van der Waals surface area contributed by atoms with Crippen molar-refractivity contribution in [2.24, 2.45) is 5.92 Å². The van der Waals surface area contributed by atoms with E-state index in [1.54, 1.807) is 6.92 Å². The van der Waals surface area contributed by atoms with Crippen LogP contribution in [0.25, 0.3) is 0 Å². The third-order valence-corrected chi connectivity index (χ3v) is 6.15. The lowest BCUT2D eigenvalue weighted by atomic mass is 9.90. The van der Waals surface area contributed by atoms with Crippen LogP contribution in [0.15, 0.2) is 40.2 Å². The van der Waals surface area contributed by atoms with Gasteiger partial charge in [0.05, 0.1) is 26.4 Å². The van der Waals surface area contributed by atoms with E-state index < -0.39 is 11.7 Å². The van der Waals surface area contributed by atoms with Crippen LogP contribution < -0.4 is 14.9 Å². The maximum Gasteiger partial charge on any atom is 0.238 e. The quantitative estimate of drug-likeness (QED) is 0.329. The van der Waals surface area contributed by atoms with Crippen molar-refractivity contribution in [3.63, 3.8) is 0 Å². The summed E-state index contributed by atoms with van der Waals surface area (Å²) in [7, 11) is 2.97. The second kappa shape index (κ2) is 10.3. The van der Waals surface area contributed by atoms with E-state index in [4.69, 9.17) is 14.2 Å². The van der Waals surface area contributed by atoms with E-state index >= 15 is 0 Å². The Hall–Kier alpha value is -2.31. The molecule has 6 heteroatoms. The molecule has 1 aromatic rings. The third kappa shape index (κ3) is 5.89. The van der Waals surface area contributed by atoms with Gasteiger partial charge in [-0.1, -0.05) is 42.4 Å². The van der Waals surface area contributed by atoms with E-state index in [2.05, 4.69) is 36.2 Å². The first-order chi connectivity index (χ1) is 14.5. The predicted molar refractivity (Wildman–Crippen MR) is 124 cm³/mol. The van der Waals surface area contributed by atoms with Crippen LogP contribution in [0.1, 0.15) is 52.3 Å². The first-order valence-electron chi connectivity index (χ1n) is 10.7. The van der Waals surface area contributed by atoms with Gasteiger partial charge in [0.15, 0.2) is 0 Å². The zero-order chi connectivity index (χ0) is 23.3. The molecular formula is C25H37NO5. The first-order valence-corrected chi connectivity index (χ1v) is 10.7. The third-order valence-electron chi connectivity index (χ3n) is 6.15. The van der Waals surface area contributed by atoms with Gasteiger partial charge >= 0.3 is 0 Å². The molecule has 1 aliphatic rings. The summed E-state index contributed by atoms with van der Waals surface area (Å²) < 4.78 is 15.9. The van der Waals surface area contributed by atoms with Crippen LogP contribution in [0.5, 0.6) is 11.6 Å². The van der Waals surface area contributed by atoms with Crippen molar-refractivity contribution in [2.45, 2.75) is 72.2 Å². The number of aliphatic hydroxyl groups is 1. The van der Waals surface area contributed by atoms with Gasteiger partial charge in [0.25, 0.3) is 0 Å². The number of pyridine rings is 1. The summed E-state index contributed by atoms with van der Waals surface area (Å²) in [5.74, 6) is 0.558. The van der Waals surface area contributed by atoms with Gasteiger partial charge in [-0.05, 0) is 41.0 Å². The lowest BCUT2D eigenvalue weighted by Gasteiger charge is -2.20. The number of hydrogen-bond acceptors (Lipinski definition) is 5. The van der Waals surface area contributed by atoms with Crippen LogP contribution in [-0.4, -0.2) is 42.1 Å². The van der Waals surface area contributed by atoms with Gasteiger partial charge in [0, 0.05) is 23.6 Å². The van der Waals surface area contributed by atoms with Crippen molar-refractivity contribution in [1.82, 2.24) is 4.98 Å². The van der Waals surface area contributed by atoms with Crippen molar-refractivity contribution in [2.75, 3.05) is 14.2 Å². The number of rotatable bonds is 10. The van der Waals surface area contributed by atoms with Crippen molar-refractivity contribution >= 4 is 0 Å². The number of aromatic nitrogens is 1. The van der Waals surface area contributed by atoms with Crippen LogP contribution in [0.2, 0.25) is 0 Å². The Morgan fingerprint density at radius 3 is 2.52 bits per heavy atom. The van der Waals surface area contributed by atoms with Crippen molar-refractivity contribution in [1.29, 1.82) is 0 Å². The summed E-state index contributed by atoms with van der Waals surface area (Å²) >= 11 is 0. The van der Waals surface area contributed by atoms with Gasteiger partial charge in [0.1, 0.15) is 5.60 Å². The minimum Gasteiger partial charge on any atom is -0.488 e. The maximum absolute atomic E-state index is 12.4. The number of methoxy groups -OCH3 is 2. The zero-order valence-corrected chi connectivity index (χ0v) is 20.0. The number of nitrogens with one attached hydrogen (secondary N) is 1. The Bertz CT molecular complexity index is 927. The highest BCUT2D eigenvalue weighted by atomic mass is 16.6. The molecule has 0 aromatic carbocycles. The number of hydrogen-bond donors (Lipinski definition) is 2. The van der Waals surface area contributed by atoms with E-state index in [0.29, 0.717) is 17.9 Å². The van der Waals surface area contributed by atoms with Crippen LogP contribution >= 0.6 is 0 Å². The highest BCUT2D eigenvalue weighted by Crippen LogP contribution is 2.41. The molecule has 1 saturated heterocycles. The number of epoxide rings is 1. The number of aromatic amines is 1. The molecule has 2 rings (SSSR count). The van der Waals surface area contributed by atoms with Gasteiger partial charge in [0.2, 0.25) is 17.1 Å². The lowest BCUT2D eigenvalue weighted by molar-refractivity contribution is 0.0564. The second-order valence-electron chi connectivity index (χ2n) is 8.64. The highest BCUT2D eigenvalue weighted by molar-refractivity contribution is 5.40. The minimum absolute atomic E-state index is 0.0149. The number of H-pyrrole nitrogens is 1. The molecule has 0 radical (unpaired) electrons. The molecule has 1 aliphatic heterocycles. The smallest absolute Gasteiger partial charge is 0.238 e. The molecule has 6 nitrogen and oxygen atoms in total. The SMILES string of the molecule is COc1[nH]c(CC=C(C)CC=CC(C)=CC(C)C(O)C2(C)OC2C)c(C)c(=O)c1OC. The molecule has 4 unspecified atom stereocenters. The molecule has 172 valence electrons. The van der Waals surface area contributed by atoms with Crippen molar-refractivity contribution in [3.05, 3.63) is 56.9 Å². The van der Waals surface area contributed by atoms with E-state index in [1.165, 1.54) is 19.8 Å². The molecule has 0 bridgehead atoms. The van der Waals surface area contributed by atoms with E-state index in [9.17, 15) is 9.90 Å². The molecule has 4 atom stereocenters. The van der Waals surface area contributed by atoms with Gasteiger partial charge in [-0.25, -0.2) is 0 Å². The number of aliphatic hydroxyl groups excluding tert-OH is 1. The lowest BCUT2D eigenvalue weighted by Crippen LogP contribution is -2.33. The molecular weight excluding hydrogens is 394 g/mol. The van der Waals surface area contributed by atoms with Crippen molar-refractivity contribution in [3.8, 4) is 11.6 Å². The Morgan fingerprint density at radius 2 is 1.97 bits per heavy atom.